The van der Waals surface area contributed by atoms with E-state index in [1.54, 1.807) is 25.1 Å². The summed E-state index contributed by atoms with van der Waals surface area (Å²) >= 11 is 3.19. The molecule has 140 valence electrons. The number of hydrazone groups is 1. The van der Waals surface area contributed by atoms with Crippen molar-refractivity contribution in [2.75, 3.05) is 13.7 Å². The van der Waals surface area contributed by atoms with Crippen LogP contribution in [0.15, 0.2) is 33.8 Å². The Morgan fingerprint density at radius 3 is 2.93 bits per heavy atom. The molecular weight excluding hydrogens is 416 g/mol. The molecule has 1 amide bonds. The molecule has 0 aliphatic heterocycles. The van der Waals surface area contributed by atoms with Crippen molar-refractivity contribution in [1.29, 1.82) is 5.26 Å². The van der Waals surface area contributed by atoms with Crippen molar-refractivity contribution < 1.29 is 19.4 Å². The van der Waals surface area contributed by atoms with E-state index in [2.05, 4.69) is 31.4 Å². The monoisotopic (exact) mass is 432 g/mol. The third kappa shape index (κ3) is 5.77. The number of benzene rings is 1. The molecule has 27 heavy (non-hydrogen) atoms. The number of carbonyl (C=O) groups excluding carboxylic acids is 1. The molecule has 0 aliphatic carbocycles. The Bertz CT molecular complexity index is 909. The first-order valence-electron chi connectivity index (χ1n) is 7.77. The molecule has 0 radical (unpaired) electrons. The lowest BCUT2D eigenvalue weighted by Gasteiger charge is -2.10. The number of halogens is 1. The summed E-state index contributed by atoms with van der Waals surface area (Å²) in [5.41, 5.74) is 4.51. The second-order valence-electron chi connectivity index (χ2n) is 5.44. The SMILES string of the molecule is COCc1cc(C)nc(OCC(=O)N/N=C\c2ccc(O)c(Br)c2)c1C#N. The van der Waals surface area contributed by atoms with Crippen molar-refractivity contribution in [2.24, 2.45) is 5.10 Å². The van der Waals surface area contributed by atoms with E-state index in [1.807, 2.05) is 6.07 Å². The molecule has 0 atom stereocenters. The fourth-order valence-corrected chi connectivity index (χ4v) is 2.55. The summed E-state index contributed by atoms with van der Waals surface area (Å²) < 4.78 is 11.0. The number of aryl methyl sites for hydroxylation is 1. The molecule has 1 heterocycles. The molecule has 2 N–H and O–H groups in total. The van der Waals surface area contributed by atoms with Crippen LogP contribution < -0.4 is 10.2 Å². The summed E-state index contributed by atoms with van der Waals surface area (Å²) in [7, 11) is 1.52. The van der Waals surface area contributed by atoms with Gasteiger partial charge in [-0.2, -0.15) is 10.4 Å². The number of amides is 1. The van der Waals surface area contributed by atoms with Crippen molar-refractivity contribution >= 4 is 28.1 Å². The fourth-order valence-electron chi connectivity index (χ4n) is 2.15. The zero-order chi connectivity index (χ0) is 19.8. The normalized spacial score (nSPS) is 10.6. The lowest BCUT2D eigenvalue weighted by molar-refractivity contribution is -0.123. The standard InChI is InChI=1S/C18H17BrN4O4/c1-11-5-13(9-26-2)14(7-20)18(22-11)27-10-17(25)23-21-8-12-3-4-16(24)15(19)6-12/h3-6,8,24H,9-10H2,1-2H3,(H,23,25)/b21-8-. The second-order valence-corrected chi connectivity index (χ2v) is 6.29. The maximum Gasteiger partial charge on any atom is 0.278 e. The minimum atomic E-state index is -0.510. The average Bonchev–Trinajstić information content (AvgIpc) is 2.63. The molecule has 2 rings (SSSR count). The highest BCUT2D eigenvalue weighted by Crippen LogP contribution is 2.23. The summed E-state index contributed by atoms with van der Waals surface area (Å²) in [5, 5.41) is 22.6. The lowest BCUT2D eigenvalue weighted by atomic mass is 10.1. The van der Waals surface area contributed by atoms with E-state index < -0.39 is 5.91 Å². The van der Waals surface area contributed by atoms with Crippen LogP contribution in [0.25, 0.3) is 0 Å². The van der Waals surface area contributed by atoms with Crippen LogP contribution in [0.2, 0.25) is 0 Å². The number of nitrogens with zero attached hydrogens (tertiary/aromatic N) is 3. The predicted molar refractivity (Wildman–Crippen MR) is 101 cm³/mol. The van der Waals surface area contributed by atoms with Gasteiger partial charge in [-0.25, -0.2) is 10.4 Å². The number of ether oxygens (including phenoxy) is 2. The first kappa shape index (κ1) is 20.4. The number of pyridine rings is 1. The summed E-state index contributed by atoms with van der Waals surface area (Å²) in [4.78, 5) is 16.0. The van der Waals surface area contributed by atoms with Gasteiger partial charge in [-0.3, -0.25) is 4.79 Å². The number of carbonyl (C=O) groups is 1. The Hall–Kier alpha value is -2.96. The maximum atomic E-state index is 11.9. The lowest BCUT2D eigenvalue weighted by Crippen LogP contribution is -2.25. The van der Waals surface area contributed by atoms with Crippen LogP contribution in [-0.4, -0.2) is 35.9 Å². The van der Waals surface area contributed by atoms with E-state index in [1.165, 1.54) is 19.4 Å². The molecule has 0 spiro atoms. The topological polar surface area (TPSA) is 117 Å². The minimum absolute atomic E-state index is 0.0751. The van der Waals surface area contributed by atoms with Crippen LogP contribution in [-0.2, 0) is 16.1 Å². The molecule has 9 heteroatoms. The number of nitrogens with one attached hydrogen (secondary N) is 1. The van der Waals surface area contributed by atoms with Crippen LogP contribution in [0.1, 0.15) is 22.4 Å². The van der Waals surface area contributed by atoms with Gasteiger partial charge in [0.05, 0.1) is 17.3 Å². The number of rotatable bonds is 7. The van der Waals surface area contributed by atoms with Crippen molar-refractivity contribution in [1.82, 2.24) is 10.4 Å². The van der Waals surface area contributed by atoms with Gasteiger partial charge in [-0.1, -0.05) is 0 Å². The Morgan fingerprint density at radius 2 is 2.26 bits per heavy atom. The van der Waals surface area contributed by atoms with Gasteiger partial charge in [0, 0.05) is 18.4 Å². The van der Waals surface area contributed by atoms with E-state index >= 15 is 0 Å². The van der Waals surface area contributed by atoms with Crippen LogP contribution in [0, 0.1) is 18.3 Å². The number of phenolic OH excluding ortho intramolecular Hbond substituents is 1. The molecule has 1 aromatic carbocycles. The number of hydrogen-bond acceptors (Lipinski definition) is 7. The highest BCUT2D eigenvalue weighted by atomic mass is 79.9. The molecule has 0 saturated carbocycles. The number of methoxy groups -OCH3 is 1. The summed E-state index contributed by atoms with van der Waals surface area (Å²) in [6, 6.07) is 8.54. The number of aromatic hydroxyl groups is 1. The van der Waals surface area contributed by atoms with Crippen LogP contribution in [0.5, 0.6) is 11.6 Å². The van der Waals surface area contributed by atoms with Crippen molar-refractivity contribution in [3.8, 4) is 17.7 Å². The van der Waals surface area contributed by atoms with E-state index in [4.69, 9.17) is 9.47 Å². The van der Waals surface area contributed by atoms with Gasteiger partial charge in [-0.05, 0) is 52.7 Å². The molecule has 0 saturated heterocycles. The molecule has 8 nitrogen and oxygen atoms in total. The Kier molecular flexibility index (Phi) is 7.28. The summed E-state index contributed by atoms with van der Waals surface area (Å²) in [6.45, 7) is 1.64. The van der Waals surface area contributed by atoms with Gasteiger partial charge in [0.1, 0.15) is 17.4 Å². The highest BCUT2D eigenvalue weighted by molar-refractivity contribution is 9.10. The predicted octanol–water partition coefficient (Wildman–Crippen LogP) is 2.41. The molecule has 2 aromatic rings. The molecule has 0 fully saturated rings. The van der Waals surface area contributed by atoms with Gasteiger partial charge in [0.25, 0.3) is 5.91 Å². The van der Waals surface area contributed by atoms with Crippen LogP contribution >= 0.6 is 15.9 Å². The van der Waals surface area contributed by atoms with Gasteiger partial charge in [0.2, 0.25) is 5.88 Å². The minimum Gasteiger partial charge on any atom is -0.507 e. The Morgan fingerprint density at radius 1 is 1.48 bits per heavy atom. The quantitative estimate of drug-likeness (QED) is 0.512. The van der Waals surface area contributed by atoms with Crippen molar-refractivity contribution in [3.63, 3.8) is 0 Å². The molecule has 0 bridgehead atoms. The molecule has 0 aliphatic rings. The summed E-state index contributed by atoms with van der Waals surface area (Å²) in [6.07, 6.45) is 1.42. The summed E-state index contributed by atoms with van der Waals surface area (Å²) in [5.74, 6) is -0.327. The zero-order valence-corrected chi connectivity index (χ0v) is 16.3. The first-order chi connectivity index (χ1) is 12.9. The maximum absolute atomic E-state index is 11.9. The van der Waals surface area contributed by atoms with E-state index in [0.717, 1.165) is 0 Å². The molecule has 1 aromatic heterocycles. The van der Waals surface area contributed by atoms with Gasteiger partial charge < -0.3 is 14.6 Å². The number of phenols is 1. The van der Waals surface area contributed by atoms with Crippen molar-refractivity contribution in [3.05, 3.63) is 51.1 Å². The highest BCUT2D eigenvalue weighted by Gasteiger charge is 2.14. The number of nitriles is 1. The van der Waals surface area contributed by atoms with E-state index in [0.29, 0.717) is 21.3 Å². The van der Waals surface area contributed by atoms with E-state index in [-0.39, 0.29) is 30.4 Å². The third-order valence-electron chi connectivity index (χ3n) is 3.32. The largest absolute Gasteiger partial charge is 0.507 e. The zero-order valence-electron chi connectivity index (χ0n) is 14.7. The molecule has 0 unspecified atom stereocenters. The van der Waals surface area contributed by atoms with Gasteiger partial charge in [-0.15, -0.1) is 0 Å². The van der Waals surface area contributed by atoms with Crippen LogP contribution in [0.3, 0.4) is 0 Å². The Balaban J connectivity index is 1.98. The van der Waals surface area contributed by atoms with Gasteiger partial charge >= 0.3 is 0 Å². The second kappa shape index (κ2) is 9.66. The number of aromatic nitrogens is 1. The first-order valence-corrected chi connectivity index (χ1v) is 8.56. The molecular formula is C18H17BrN4O4. The average molecular weight is 433 g/mol. The van der Waals surface area contributed by atoms with Crippen LogP contribution in [0.4, 0.5) is 0 Å². The van der Waals surface area contributed by atoms with Gasteiger partial charge in [0.15, 0.2) is 6.61 Å². The smallest absolute Gasteiger partial charge is 0.278 e. The van der Waals surface area contributed by atoms with E-state index in [9.17, 15) is 15.2 Å². The van der Waals surface area contributed by atoms with Crippen molar-refractivity contribution in [2.45, 2.75) is 13.5 Å². The fraction of sp³-hybridized carbons (Fsp3) is 0.222. The number of hydrogen-bond donors (Lipinski definition) is 2. The third-order valence-corrected chi connectivity index (χ3v) is 3.96. The Labute approximate surface area is 164 Å².